The van der Waals surface area contributed by atoms with Crippen molar-refractivity contribution in [3.63, 3.8) is 0 Å². The molecule has 3 heterocycles. The topological polar surface area (TPSA) is 237 Å². The Morgan fingerprint density at radius 3 is 1.92 bits per heavy atom. The highest BCUT2D eigenvalue weighted by Crippen LogP contribution is 2.20. The van der Waals surface area contributed by atoms with Crippen LogP contribution in [0.25, 0.3) is 21.8 Å². The second kappa shape index (κ2) is 15.9. The van der Waals surface area contributed by atoms with Crippen LogP contribution in [0.2, 0.25) is 0 Å². The number of hydrogen-bond donors (Lipinski definition) is 9. The quantitative estimate of drug-likeness (QED) is 0.0662. The van der Waals surface area contributed by atoms with Gasteiger partial charge in [0.05, 0.1) is 12.4 Å². The average Bonchev–Trinajstić information content (AvgIpc) is 3.84. The highest BCUT2D eigenvalue weighted by atomic mass is 16.4. The third-order valence-corrected chi connectivity index (χ3v) is 8.36. The van der Waals surface area contributed by atoms with Gasteiger partial charge < -0.3 is 47.5 Å². The van der Waals surface area contributed by atoms with Gasteiger partial charge in [-0.1, -0.05) is 36.4 Å². The monoisotopic (exact) mass is 655 g/mol. The van der Waals surface area contributed by atoms with E-state index in [1.165, 1.54) is 12.5 Å². The fourth-order valence-electron chi connectivity index (χ4n) is 5.76. The predicted molar refractivity (Wildman–Crippen MR) is 181 cm³/mol. The molecular formula is C34H41N9O5. The Morgan fingerprint density at radius 2 is 1.31 bits per heavy atom. The number of aliphatic carboxylic acids is 1. The van der Waals surface area contributed by atoms with Crippen molar-refractivity contribution in [2.24, 2.45) is 11.5 Å². The van der Waals surface area contributed by atoms with Gasteiger partial charge in [-0.2, -0.15) is 0 Å². The highest BCUT2D eigenvalue weighted by Gasteiger charge is 2.31. The molecule has 3 amide bonds. The molecule has 5 aromatic rings. The zero-order chi connectivity index (χ0) is 34.0. The molecule has 3 aromatic heterocycles. The summed E-state index contributed by atoms with van der Waals surface area (Å²) in [4.78, 5) is 66.1. The normalized spacial score (nSPS) is 13.9. The Hall–Kier alpha value is -5.47. The summed E-state index contributed by atoms with van der Waals surface area (Å²) in [5, 5.41) is 19.9. The van der Waals surface area contributed by atoms with E-state index in [2.05, 4.69) is 35.9 Å². The van der Waals surface area contributed by atoms with Gasteiger partial charge >= 0.3 is 5.97 Å². The van der Waals surface area contributed by atoms with Gasteiger partial charge in [-0.15, -0.1) is 0 Å². The number of benzene rings is 2. The first-order chi connectivity index (χ1) is 23.2. The number of para-hydroxylation sites is 2. The Kier molecular flexibility index (Phi) is 11.2. The number of carboxylic acids is 1. The number of aromatic nitrogens is 4. The van der Waals surface area contributed by atoms with Crippen molar-refractivity contribution in [3.8, 4) is 0 Å². The number of imidazole rings is 1. The molecular weight excluding hydrogens is 614 g/mol. The van der Waals surface area contributed by atoms with Crippen LogP contribution in [0.3, 0.4) is 0 Å². The summed E-state index contributed by atoms with van der Waals surface area (Å²) >= 11 is 0. The summed E-state index contributed by atoms with van der Waals surface area (Å²) in [6, 6.07) is 10.7. The number of carboxylic acid groups (broad SMARTS) is 1. The maximum atomic E-state index is 13.7. The molecule has 0 radical (unpaired) electrons. The maximum Gasteiger partial charge on any atom is 0.326 e. The molecule has 0 saturated carbocycles. The Bertz CT molecular complexity index is 1850. The molecule has 14 nitrogen and oxygen atoms in total. The SMILES string of the molecule is NCCCCC(NC(=O)C(N)Cc1c[nH]c2ccccc12)C(=O)NC(Cc1cnc[nH]1)C(=O)NC(Cc1c[nH]c2ccccc12)C(=O)O. The predicted octanol–water partition coefficient (Wildman–Crippen LogP) is 1.40. The van der Waals surface area contributed by atoms with Gasteiger partial charge in [0.1, 0.15) is 18.1 Å². The third-order valence-electron chi connectivity index (χ3n) is 8.36. The summed E-state index contributed by atoms with van der Waals surface area (Å²) in [6.07, 6.45) is 8.15. The van der Waals surface area contributed by atoms with Gasteiger partial charge in [0.25, 0.3) is 0 Å². The Labute approximate surface area is 276 Å². The number of H-pyrrole nitrogens is 3. The van der Waals surface area contributed by atoms with Crippen LogP contribution in [0.15, 0.2) is 73.4 Å². The second-order valence-corrected chi connectivity index (χ2v) is 11.8. The molecule has 0 spiro atoms. The van der Waals surface area contributed by atoms with E-state index in [1.807, 2.05) is 54.7 Å². The van der Waals surface area contributed by atoms with Gasteiger partial charge in [-0.05, 0) is 55.5 Å². The first-order valence-electron chi connectivity index (χ1n) is 15.9. The molecule has 11 N–H and O–H groups in total. The third kappa shape index (κ3) is 8.46. The van der Waals surface area contributed by atoms with Gasteiger partial charge in [0.15, 0.2) is 0 Å². The molecule has 48 heavy (non-hydrogen) atoms. The van der Waals surface area contributed by atoms with E-state index in [1.54, 1.807) is 6.20 Å². The van der Waals surface area contributed by atoms with Crippen molar-refractivity contribution < 1.29 is 24.3 Å². The molecule has 0 aliphatic heterocycles. The first kappa shape index (κ1) is 33.9. The van der Waals surface area contributed by atoms with Gasteiger partial charge in [-0.25, -0.2) is 9.78 Å². The van der Waals surface area contributed by atoms with Crippen molar-refractivity contribution >= 4 is 45.5 Å². The molecule has 0 bridgehead atoms. The maximum absolute atomic E-state index is 13.7. The number of unbranched alkanes of at least 4 members (excludes halogenated alkanes) is 1. The summed E-state index contributed by atoms with van der Waals surface area (Å²) < 4.78 is 0. The molecule has 0 aliphatic rings. The molecule has 0 saturated heterocycles. The van der Waals surface area contributed by atoms with Crippen LogP contribution >= 0.6 is 0 Å². The van der Waals surface area contributed by atoms with E-state index in [4.69, 9.17) is 11.5 Å². The highest BCUT2D eigenvalue weighted by molar-refractivity contribution is 5.95. The molecule has 14 heteroatoms. The fourth-order valence-corrected chi connectivity index (χ4v) is 5.76. The van der Waals surface area contributed by atoms with E-state index in [0.29, 0.717) is 25.1 Å². The number of aromatic amines is 3. The minimum Gasteiger partial charge on any atom is -0.480 e. The smallest absolute Gasteiger partial charge is 0.326 e. The van der Waals surface area contributed by atoms with Crippen LogP contribution in [0.5, 0.6) is 0 Å². The van der Waals surface area contributed by atoms with E-state index in [0.717, 1.165) is 32.9 Å². The van der Waals surface area contributed by atoms with Gasteiger partial charge in [0, 0.05) is 58.9 Å². The van der Waals surface area contributed by atoms with Crippen LogP contribution in [-0.2, 0) is 38.4 Å². The van der Waals surface area contributed by atoms with Crippen LogP contribution in [-0.4, -0.2) is 79.4 Å². The number of carbonyl (C=O) groups excluding carboxylic acids is 3. The van der Waals surface area contributed by atoms with E-state index >= 15 is 0 Å². The number of nitrogens with zero attached hydrogens (tertiary/aromatic N) is 1. The number of fused-ring (bicyclic) bond motifs is 2. The number of hydrogen-bond acceptors (Lipinski definition) is 7. The number of nitrogens with two attached hydrogens (primary N) is 2. The molecule has 0 fully saturated rings. The lowest BCUT2D eigenvalue weighted by molar-refractivity contribution is -0.142. The summed E-state index contributed by atoms with van der Waals surface area (Å²) in [5.74, 6) is -3.06. The average molecular weight is 656 g/mol. The first-order valence-corrected chi connectivity index (χ1v) is 15.9. The lowest BCUT2D eigenvalue weighted by atomic mass is 10.0. The molecule has 4 unspecified atom stereocenters. The lowest BCUT2D eigenvalue weighted by Gasteiger charge is -2.25. The zero-order valence-electron chi connectivity index (χ0n) is 26.4. The van der Waals surface area contributed by atoms with Crippen molar-refractivity contribution in [1.82, 2.24) is 35.9 Å². The van der Waals surface area contributed by atoms with Gasteiger partial charge in [0.2, 0.25) is 17.7 Å². The van der Waals surface area contributed by atoms with E-state index < -0.39 is 47.9 Å². The summed E-state index contributed by atoms with van der Waals surface area (Å²) in [6.45, 7) is 0.403. The number of rotatable bonds is 17. The number of nitrogens with one attached hydrogen (secondary N) is 6. The van der Waals surface area contributed by atoms with Crippen LogP contribution in [0.1, 0.15) is 36.1 Å². The van der Waals surface area contributed by atoms with Crippen molar-refractivity contribution in [2.75, 3.05) is 6.54 Å². The van der Waals surface area contributed by atoms with Crippen LogP contribution in [0, 0.1) is 0 Å². The fraction of sp³-hybridized carbons (Fsp3) is 0.324. The molecule has 252 valence electrons. The molecule has 0 aliphatic carbocycles. The van der Waals surface area contributed by atoms with Crippen molar-refractivity contribution in [3.05, 3.63) is 90.3 Å². The summed E-state index contributed by atoms with van der Waals surface area (Å²) in [5.41, 5.74) is 15.9. The zero-order valence-corrected chi connectivity index (χ0v) is 26.4. The van der Waals surface area contributed by atoms with E-state index in [-0.39, 0.29) is 25.7 Å². The van der Waals surface area contributed by atoms with Crippen LogP contribution < -0.4 is 27.4 Å². The van der Waals surface area contributed by atoms with Gasteiger partial charge in [-0.3, -0.25) is 14.4 Å². The molecule has 2 aromatic carbocycles. The van der Waals surface area contributed by atoms with Crippen molar-refractivity contribution in [1.29, 1.82) is 0 Å². The number of carbonyl (C=O) groups is 4. The second-order valence-electron chi connectivity index (χ2n) is 11.8. The molecule has 4 atom stereocenters. The minimum atomic E-state index is -1.28. The number of amides is 3. The Morgan fingerprint density at radius 1 is 0.729 bits per heavy atom. The standard InChI is InChI=1S/C34H41N9O5/c35-12-6-5-11-28(41-31(44)25(36)13-20-16-38-26-9-3-1-7-23(20)26)32(45)42-29(15-22-18-37-19-40-22)33(46)43-30(34(47)48)14-21-17-39-27-10-4-2-8-24(21)27/h1-4,7-10,16-19,25,28-30,38-39H,5-6,11-15,35-36H2,(H,37,40)(H,41,44)(H,42,45)(H,43,46)(H,47,48). The molecule has 5 rings (SSSR count). The summed E-state index contributed by atoms with van der Waals surface area (Å²) in [7, 11) is 0. The largest absolute Gasteiger partial charge is 0.480 e. The van der Waals surface area contributed by atoms with E-state index in [9.17, 15) is 24.3 Å². The Balaban J connectivity index is 1.29. The minimum absolute atomic E-state index is 0.000537. The van der Waals surface area contributed by atoms with Crippen LogP contribution in [0.4, 0.5) is 0 Å². The van der Waals surface area contributed by atoms with Crippen molar-refractivity contribution in [2.45, 2.75) is 62.7 Å². The lowest BCUT2D eigenvalue weighted by Crippen LogP contribution is -2.58.